The quantitative estimate of drug-likeness (QED) is 0.502. The zero-order valence-electron chi connectivity index (χ0n) is 19.1. The number of sulfonamides is 2. The summed E-state index contributed by atoms with van der Waals surface area (Å²) in [5, 5.41) is 1.07. The molecule has 0 amide bonds. The monoisotopic (exact) mass is 519 g/mol. The summed E-state index contributed by atoms with van der Waals surface area (Å²) in [5.41, 5.74) is 0.992. The highest BCUT2D eigenvalue weighted by atomic mass is 32.2. The van der Waals surface area contributed by atoms with Gasteiger partial charge in [0.2, 0.25) is 20.0 Å². The molecule has 3 aromatic rings. The molecule has 2 aromatic carbocycles. The summed E-state index contributed by atoms with van der Waals surface area (Å²) >= 11 is 1.68. The normalized spacial score (nSPS) is 21.7. The number of thiazole rings is 1. The number of benzene rings is 2. The number of hydrogen-bond acceptors (Lipinski definition) is 6. The Labute approximate surface area is 205 Å². The summed E-state index contributed by atoms with van der Waals surface area (Å²) in [6, 6.07) is 13.7. The molecule has 3 heterocycles. The number of fused-ring (bicyclic) bond motifs is 1. The molecule has 0 N–H and O–H groups in total. The van der Waals surface area contributed by atoms with Crippen LogP contribution in [0.3, 0.4) is 0 Å². The fourth-order valence-electron chi connectivity index (χ4n) is 4.85. The molecule has 2 aliphatic heterocycles. The first-order chi connectivity index (χ1) is 16.2. The van der Waals surface area contributed by atoms with Crippen LogP contribution in [-0.2, 0) is 20.0 Å². The molecule has 1 atom stereocenters. The molecule has 0 aliphatic carbocycles. The Balaban J connectivity index is 1.28. The molecule has 182 valence electrons. The van der Waals surface area contributed by atoms with E-state index in [0.717, 1.165) is 40.9 Å². The highest BCUT2D eigenvalue weighted by molar-refractivity contribution is 7.89. The van der Waals surface area contributed by atoms with E-state index in [1.165, 1.54) is 32.9 Å². The summed E-state index contributed by atoms with van der Waals surface area (Å²) in [5.74, 6) is 0.581. The molecule has 2 fully saturated rings. The maximum absolute atomic E-state index is 13.2. The van der Waals surface area contributed by atoms with Crippen molar-refractivity contribution in [1.29, 1.82) is 0 Å². The van der Waals surface area contributed by atoms with Gasteiger partial charge >= 0.3 is 0 Å². The van der Waals surface area contributed by atoms with Gasteiger partial charge in [0.25, 0.3) is 0 Å². The van der Waals surface area contributed by atoms with Gasteiger partial charge in [-0.3, -0.25) is 0 Å². The Hall–Kier alpha value is -1.85. The maximum atomic E-state index is 13.2. The lowest BCUT2D eigenvalue weighted by atomic mass is 9.99. The third-order valence-corrected chi connectivity index (χ3v) is 11.8. The minimum absolute atomic E-state index is 0.136. The summed E-state index contributed by atoms with van der Waals surface area (Å²) in [6.07, 6.45) is 3.32. The van der Waals surface area contributed by atoms with Crippen LogP contribution in [0.25, 0.3) is 10.2 Å². The van der Waals surface area contributed by atoms with Crippen LogP contribution in [0.1, 0.15) is 43.5 Å². The minimum Gasteiger partial charge on any atom is -0.241 e. The van der Waals surface area contributed by atoms with Crippen molar-refractivity contribution in [2.24, 2.45) is 5.92 Å². The first-order valence-corrected chi connectivity index (χ1v) is 15.4. The zero-order valence-corrected chi connectivity index (χ0v) is 21.6. The number of rotatable bonds is 5. The van der Waals surface area contributed by atoms with Gasteiger partial charge in [-0.15, -0.1) is 11.3 Å². The van der Waals surface area contributed by atoms with E-state index in [0.29, 0.717) is 32.1 Å². The van der Waals surface area contributed by atoms with Crippen molar-refractivity contribution in [3.63, 3.8) is 0 Å². The van der Waals surface area contributed by atoms with Crippen LogP contribution in [0.15, 0.2) is 58.3 Å². The molecule has 1 unspecified atom stereocenters. The van der Waals surface area contributed by atoms with Gasteiger partial charge in [-0.1, -0.05) is 19.1 Å². The van der Waals surface area contributed by atoms with E-state index in [9.17, 15) is 16.8 Å². The van der Waals surface area contributed by atoms with Crippen LogP contribution < -0.4 is 0 Å². The first kappa shape index (κ1) is 23.9. The van der Waals surface area contributed by atoms with Gasteiger partial charge in [-0.25, -0.2) is 21.8 Å². The second-order valence-corrected chi connectivity index (χ2v) is 14.2. The Bertz CT molecular complexity index is 1340. The van der Waals surface area contributed by atoms with Crippen LogP contribution in [0, 0.1) is 5.92 Å². The fraction of sp³-hybridized carbons (Fsp3) is 0.458. The molecule has 7 nitrogen and oxygen atoms in total. The zero-order chi connectivity index (χ0) is 23.9. The Morgan fingerprint density at radius 3 is 2.06 bits per heavy atom. The maximum Gasteiger partial charge on any atom is 0.243 e. The second-order valence-electron chi connectivity index (χ2n) is 9.28. The van der Waals surface area contributed by atoms with Crippen molar-refractivity contribution < 1.29 is 16.8 Å². The Morgan fingerprint density at radius 2 is 1.44 bits per heavy atom. The van der Waals surface area contributed by atoms with Gasteiger partial charge in [0.15, 0.2) is 0 Å². The van der Waals surface area contributed by atoms with Crippen molar-refractivity contribution >= 4 is 41.6 Å². The molecule has 5 rings (SSSR count). The largest absolute Gasteiger partial charge is 0.243 e. The van der Waals surface area contributed by atoms with E-state index in [2.05, 4.69) is 13.0 Å². The summed E-state index contributed by atoms with van der Waals surface area (Å²) < 4.78 is 56.6. The molecule has 0 bridgehead atoms. The second kappa shape index (κ2) is 9.31. The average Bonchev–Trinajstić information content (AvgIpc) is 3.29. The fourth-order valence-corrected chi connectivity index (χ4v) is 9.06. The van der Waals surface area contributed by atoms with Gasteiger partial charge in [-0.2, -0.15) is 8.61 Å². The minimum atomic E-state index is -3.68. The molecular formula is C24H29N3O4S3. The van der Waals surface area contributed by atoms with Crippen LogP contribution in [0.2, 0.25) is 0 Å². The van der Waals surface area contributed by atoms with Crippen molar-refractivity contribution in [2.45, 2.75) is 48.3 Å². The van der Waals surface area contributed by atoms with E-state index in [-0.39, 0.29) is 15.7 Å². The van der Waals surface area contributed by atoms with Gasteiger partial charge in [-0.05, 0) is 68.0 Å². The summed E-state index contributed by atoms with van der Waals surface area (Å²) in [7, 11) is -7.29. The van der Waals surface area contributed by atoms with Crippen LogP contribution >= 0.6 is 11.3 Å². The van der Waals surface area contributed by atoms with E-state index in [4.69, 9.17) is 4.98 Å². The number of para-hydroxylation sites is 1. The van der Waals surface area contributed by atoms with Gasteiger partial charge in [0, 0.05) is 32.1 Å². The van der Waals surface area contributed by atoms with E-state index in [1.807, 2.05) is 18.2 Å². The van der Waals surface area contributed by atoms with Gasteiger partial charge in [0.1, 0.15) is 0 Å². The van der Waals surface area contributed by atoms with E-state index >= 15 is 0 Å². The van der Waals surface area contributed by atoms with Crippen LogP contribution in [0.4, 0.5) is 0 Å². The lowest BCUT2D eigenvalue weighted by Crippen LogP contribution is -2.39. The van der Waals surface area contributed by atoms with Crippen molar-refractivity contribution in [3.8, 4) is 0 Å². The third-order valence-electron chi connectivity index (χ3n) is 6.83. The predicted octanol–water partition coefficient (Wildman–Crippen LogP) is 4.29. The van der Waals surface area contributed by atoms with Crippen molar-refractivity contribution in [3.05, 3.63) is 53.5 Å². The molecule has 34 heavy (non-hydrogen) atoms. The van der Waals surface area contributed by atoms with Gasteiger partial charge < -0.3 is 0 Å². The first-order valence-electron chi connectivity index (χ1n) is 11.7. The average molecular weight is 520 g/mol. The van der Waals surface area contributed by atoms with Crippen molar-refractivity contribution in [1.82, 2.24) is 13.6 Å². The Morgan fingerprint density at radius 1 is 0.824 bits per heavy atom. The molecule has 0 radical (unpaired) electrons. The molecule has 1 aromatic heterocycles. The lowest BCUT2D eigenvalue weighted by molar-refractivity contribution is 0.281. The topological polar surface area (TPSA) is 87.7 Å². The van der Waals surface area contributed by atoms with Crippen molar-refractivity contribution in [2.75, 3.05) is 26.2 Å². The standard InChI is InChI=1S/C24H29N3O4S3/c1-18-5-4-14-27(17-18)34(30,31)21-10-8-20(9-11-21)33(28,29)26-15-12-19(13-16-26)24-25-22-6-2-3-7-23(22)32-24/h2-3,6-11,18-19H,4-5,12-17H2,1H3. The third kappa shape index (κ3) is 4.54. The van der Waals surface area contributed by atoms with E-state index in [1.54, 1.807) is 11.3 Å². The molecule has 2 aliphatic rings. The summed E-state index contributed by atoms with van der Waals surface area (Å²) in [6.45, 7) is 3.92. The summed E-state index contributed by atoms with van der Waals surface area (Å²) in [4.78, 5) is 5.03. The van der Waals surface area contributed by atoms with Gasteiger partial charge in [0.05, 0.1) is 25.0 Å². The number of hydrogen-bond donors (Lipinski definition) is 0. The number of piperidine rings is 2. The van der Waals surface area contributed by atoms with E-state index < -0.39 is 20.0 Å². The molecule has 0 saturated carbocycles. The number of nitrogens with zero attached hydrogens (tertiary/aromatic N) is 3. The highest BCUT2D eigenvalue weighted by Gasteiger charge is 2.32. The predicted molar refractivity (Wildman–Crippen MR) is 134 cm³/mol. The molecular weight excluding hydrogens is 490 g/mol. The van der Waals surface area contributed by atoms with Crippen LogP contribution in [0.5, 0.6) is 0 Å². The molecule has 10 heteroatoms. The highest BCUT2D eigenvalue weighted by Crippen LogP contribution is 2.35. The molecule has 2 saturated heterocycles. The lowest BCUT2D eigenvalue weighted by Gasteiger charge is -2.31. The SMILES string of the molecule is CC1CCCN(S(=O)(=O)c2ccc(S(=O)(=O)N3CCC(c4nc5ccccc5s4)CC3)cc2)C1. The Kier molecular flexibility index (Phi) is 6.54. The molecule has 0 spiro atoms. The van der Waals surface area contributed by atoms with Crippen LogP contribution in [-0.4, -0.2) is 56.6 Å². The smallest absolute Gasteiger partial charge is 0.241 e. The number of aromatic nitrogens is 1.